The SMILES string of the molecule is O=C(O)c1c[nH]c2c(=O)[nH]c3ccc(-c4ccc5[nH]ccc5c4)cc3c12. The quantitative estimate of drug-likeness (QED) is 0.391. The lowest BCUT2D eigenvalue weighted by atomic mass is 9.99. The van der Waals surface area contributed by atoms with E-state index in [2.05, 4.69) is 21.0 Å². The van der Waals surface area contributed by atoms with E-state index < -0.39 is 5.97 Å². The summed E-state index contributed by atoms with van der Waals surface area (Å²) >= 11 is 0. The maximum absolute atomic E-state index is 12.2. The minimum atomic E-state index is -1.07. The minimum Gasteiger partial charge on any atom is -0.478 e. The van der Waals surface area contributed by atoms with Crippen molar-refractivity contribution in [1.82, 2.24) is 15.0 Å². The van der Waals surface area contributed by atoms with Crippen LogP contribution >= 0.6 is 0 Å². The highest BCUT2D eigenvalue weighted by Crippen LogP contribution is 2.30. The molecule has 0 aliphatic carbocycles. The molecule has 26 heavy (non-hydrogen) atoms. The molecule has 3 aromatic heterocycles. The summed E-state index contributed by atoms with van der Waals surface area (Å²) in [5.41, 5.74) is 3.66. The second-order valence-corrected chi connectivity index (χ2v) is 6.25. The first-order valence-corrected chi connectivity index (χ1v) is 8.10. The maximum atomic E-state index is 12.2. The van der Waals surface area contributed by atoms with Crippen molar-refractivity contribution in [2.45, 2.75) is 0 Å². The van der Waals surface area contributed by atoms with E-state index in [-0.39, 0.29) is 16.6 Å². The molecule has 0 bridgehead atoms. The molecule has 6 nitrogen and oxygen atoms in total. The predicted octanol–water partition coefficient (Wildman–Crippen LogP) is 3.86. The van der Waals surface area contributed by atoms with Crippen LogP contribution in [-0.4, -0.2) is 26.0 Å². The minimum absolute atomic E-state index is 0.0920. The average Bonchev–Trinajstić information content (AvgIpc) is 3.28. The Kier molecular flexibility index (Phi) is 2.85. The zero-order valence-electron chi connectivity index (χ0n) is 13.5. The van der Waals surface area contributed by atoms with Crippen LogP contribution in [0.3, 0.4) is 0 Å². The summed E-state index contributed by atoms with van der Waals surface area (Å²) in [5, 5.41) is 11.7. The monoisotopic (exact) mass is 343 g/mol. The highest BCUT2D eigenvalue weighted by Gasteiger charge is 2.16. The van der Waals surface area contributed by atoms with Gasteiger partial charge in [0.15, 0.2) is 0 Å². The second-order valence-electron chi connectivity index (χ2n) is 6.25. The Bertz CT molecular complexity index is 1390. The molecule has 0 saturated heterocycles. The van der Waals surface area contributed by atoms with E-state index in [1.165, 1.54) is 6.20 Å². The van der Waals surface area contributed by atoms with Crippen LogP contribution in [0.15, 0.2) is 59.7 Å². The number of H-pyrrole nitrogens is 3. The van der Waals surface area contributed by atoms with Gasteiger partial charge in [0, 0.05) is 34.2 Å². The Labute approximate surface area is 146 Å². The number of carboxylic acid groups (broad SMARTS) is 1. The van der Waals surface area contributed by atoms with E-state index in [0.717, 1.165) is 22.0 Å². The molecule has 126 valence electrons. The molecule has 3 heterocycles. The highest BCUT2D eigenvalue weighted by atomic mass is 16.4. The summed E-state index contributed by atoms with van der Waals surface area (Å²) in [7, 11) is 0. The van der Waals surface area contributed by atoms with E-state index in [1.807, 2.05) is 42.6 Å². The smallest absolute Gasteiger partial charge is 0.337 e. The van der Waals surface area contributed by atoms with Crippen LogP contribution in [0.25, 0.3) is 43.8 Å². The summed E-state index contributed by atoms with van der Waals surface area (Å²) in [4.78, 5) is 32.5. The van der Waals surface area contributed by atoms with Gasteiger partial charge in [0.05, 0.1) is 5.56 Å². The van der Waals surface area contributed by atoms with Crippen LogP contribution in [0.2, 0.25) is 0 Å². The number of aromatic amines is 3. The van der Waals surface area contributed by atoms with Gasteiger partial charge in [0.25, 0.3) is 5.56 Å². The largest absolute Gasteiger partial charge is 0.478 e. The lowest BCUT2D eigenvalue weighted by molar-refractivity contribution is 0.0699. The molecule has 0 spiro atoms. The topological polar surface area (TPSA) is 102 Å². The molecule has 5 rings (SSSR count). The number of carbonyl (C=O) groups is 1. The standard InChI is InChI=1S/C20H13N3O3/c24-19-18-17(14(9-22-18)20(25)26)13-8-11(2-4-16(13)23-19)10-1-3-15-12(7-10)5-6-21-15/h1-9,21-22H,(H,23,24)(H,25,26). The van der Waals surface area contributed by atoms with Crippen molar-refractivity contribution < 1.29 is 9.90 Å². The third-order valence-electron chi connectivity index (χ3n) is 4.76. The number of hydrogen-bond donors (Lipinski definition) is 4. The van der Waals surface area contributed by atoms with Gasteiger partial charge in [-0.1, -0.05) is 12.1 Å². The van der Waals surface area contributed by atoms with Crippen molar-refractivity contribution in [2.24, 2.45) is 0 Å². The van der Waals surface area contributed by atoms with Crippen LogP contribution in [0.4, 0.5) is 0 Å². The zero-order valence-corrected chi connectivity index (χ0v) is 13.5. The Morgan fingerprint density at radius 2 is 1.69 bits per heavy atom. The Balaban J connectivity index is 1.84. The molecule has 0 unspecified atom stereocenters. The predicted molar refractivity (Wildman–Crippen MR) is 101 cm³/mol. The molecule has 4 N–H and O–H groups in total. The van der Waals surface area contributed by atoms with Gasteiger partial charge in [-0.05, 0) is 46.8 Å². The second kappa shape index (κ2) is 5.10. The van der Waals surface area contributed by atoms with Crippen molar-refractivity contribution in [2.75, 3.05) is 0 Å². The van der Waals surface area contributed by atoms with Crippen molar-refractivity contribution in [3.63, 3.8) is 0 Å². The van der Waals surface area contributed by atoms with Crippen LogP contribution < -0.4 is 5.56 Å². The van der Waals surface area contributed by atoms with E-state index in [9.17, 15) is 14.7 Å². The van der Waals surface area contributed by atoms with Crippen molar-refractivity contribution in [3.8, 4) is 11.1 Å². The normalized spacial score (nSPS) is 11.5. The fourth-order valence-corrected chi connectivity index (χ4v) is 3.51. The van der Waals surface area contributed by atoms with E-state index in [4.69, 9.17) is 0 Å². The van der Waals surface area contributed by atoms with E-state index in [1.54, 1.807) is 0 Å². The number of benzene rings is 2. The lowest BCUT2D eigenvalue weighted by Crippen LogP contribution is -2.07. The van der Waals surface area contributed by atoms with E-state index in [0.29, 0.717) is 16.3 Å². The highest BCUT2D eigenvalue weighted by molar-refractivity contribution is 6.15. The molecule has 0 aliphatic rings. The average molecular weight is 343 g/mol. The number of hydrogen-bond acceptors (Lipinski definition) is 2. The van der Waals surface area contributed by atoms with Crippen molar-refractivity contribution in [3.05, 3.63) is 70.8 Å². The van der Waals surface area contributed by atoms with Gasteiger partial charge < -0.3 is 20.1 Å². The zero-order chi connectivity index (χ0) is 17.8. The Morgan fingerprint density at radius 1 is 0.923 bits per heavy atom. The third kappa shape index (κ3) is 1.99. The molecule has 5 aromatic rings. The first kappa shape index (κ1) is 14.5. The molecule has 2 aromatic carbocycles. The molecule has 6 heteroatoms. The van der Waals surface area contributed by atoms with Crippen LogP contribution in [0, 0.1) is 0 Å². The maximum Gasteiger partial charge on any atom is 0.337 e. The number of nitrogens with one attached hydrogen (secondary N) is 3. The van der Waals surface area contributed by atoms with Gasteiger partial charge in [0.2, 0.25) is 0 Å². The van der Waals surface area contributed by atoms with Crippen LogP contribution in [0.1, 0.15) is 10.4 Å². The number of rotatable bonds is 2. The molecule has 0 amide bonds. The van der Waals surface area contributed by atoms with Crippen LogP contribution in [-0.2, 0) is 0 Å². The number of aromatic carboxylic acids is 1. The number of carboxylic acids is 1. The molecule has 0 radical (unpaired) electrons. The molecule has 0 fully saturated rings. The first-order chi connectivity index (χ1) is 12.6. The van der Waals surface area contributed by atoms with Gasteiger partial charge in [-0.25, -0.2) is 4.79 Å². The first-order valence-electron chi connectivity index (χ1n) is 8.10. The molecular weight excluding hydrogens is 330 g/mol. The lowest BCUT2D eigenvalue weighted by Gasteiger charge is -2.06. The van der Waals surface area contributed by atoms with Gasteiger partial charge in [0.1, 0.15) is 5.52 Å². The molecule has 0 aliphatic heterocycles. The fraction of sp³-hybridized carbons (Fsp3) is 0. The van der Waals surface area contributed by atoms with Crippen molar-refractivity contribution >= 4 is 38.7 Å². The van der Waals surface area contributed by atoms with Crippen molar-refractivity contribution in [1.29, 1.82) is 0 Å². The summed E-state index contributed by atoms with van der Waals surface area (Å²) in [6, 6.07) is 13.8. The third-order valence-corrected chi connectivity index (χ3v) is 4.76. The van der Waals surface area contributed by atoms with Gasteiger partial charge in [-0.2, -0.15) is 0 Å². The molecule has 0 atom stereocenters. The summed E-state index contributed by atoms with van der Waals surface area (Å²) in [6.07, 6.45) is 3.25. The summed E-state index contributed by atoms with van der Waals surface area (Å²) in [5.74, 6) is -1.07. The number of fused-ring (bicyclic) bond motifs is 4. The van der Waals surface area contributed by atoms with Gasteiger partial charge >= 0.3 is 5.97 Å². The van der Waals surface area contributed by atoms with Gasteiger partial charge in [-0.15, -0.1) is 0 Å². The summed E-state index contributed by atoms with van der Waals surface area (Å²) < 4.78 is 0. The van der Waals surface area contributed by atoms with Gasteiger partial charge in [-0.3, -0.25) is 4.79 Å². The number of aromatic nitrogens is 3. The van der Waals surface area contributed by atoms with Crippen LogP contribution in [0.5, 0.6) is 0 Å². The molecular formula is C20H13N3O3. The summed E-state index contributed by atoms with van der Waals surface area (Å²) in [6.45, 7) is 0. The van der Waals surface area contributed by atoms with E-state index >= 15 is 0 Å². The Hall–Kier alpha value is -3.80. The Morgan fingerprint density at radius 3 is 2.50 bits per heavy atom. The fourth-order valence-electron chi connectivity index (χ4n) is 3.51. The number of pyridine rings is 1. The molecule has 0 saturated carbocycles.